The van der Waals surface area contributed by atoms with Crippen molar-refractivity contribution < 1.29 is 13.2 Å². The lowest BCUT2D eigenvalue weighted by molar-refractivity contribution is -0.120. The lowest BCUT2D eigenvalue weighted by Gasteiger charge is -2.26. The topological polar surface area (TPSA) is 66.5 Å². The van der Waals surface area contributed by atoms with Crippen molar-refractivity contribution in [2.24, 2.45) is 0 Å². The van der Waals surface area contributed by atoms with Crippen LogP contribution in [0.2, 0.25) is 0 Å². The molecule has 28 heavy (non-hydrogen) atoms. The fraction of sp³-hybridized carbons (Fsp3) is 0.409. The number of rotatable bonds is 8. The average molecular weight is 401 g/mol. The van der Waals surface area contributed by atoms with Crippen LogP contribution < -0.4 is 5.32 Å². The lowest BCUT2D eigenvalue weighted by Crippen LogP contribution is -2.29. The number of benzene rings is 2. The first-order valence-corrected chi connectivity index (χ1v) is 11.5. The van der Waals surface area contributed by atoms with E-state index in [0.717, 1.165) is 12.1 Å². The van der Waals surface area contributed by atoms with E-state index in [9.17, 15) is 13.2 Å². The fourth-order valence-electron chi connectivity index (χ4n) is 3.40. The van der Waals surface area contributed by atoms with E-state index in [2.05, 4.69) is 22.3 Å². The molecule has 2 aromatic carbocycles. The maximum absolute atomic E-state index is 12.2. The van der Waals surface area contributed by atoms with Crippen molar-refractivity contribution in [1.82, 2.24) is 10.2 Å². The van der Waals surface area contributed by atoms with E-state index < -0.39 is 9.84 Å². The summed E-state index contributed by atoms with van der Waals surface area (Å²) in [5.41, 5.74) is 2.30. The van der Waals surface area contributed by atoms with Gasteiger partial charge in [-0.2, -0.15) is 0 Å². The molecule has 150 valence electrons. The Morgan fingerprint density at radius 3 is 2.21 bits per heavy atom. The largest absolute Gasteiger partial charge is 0.352 e. The van der Waals surface area contributed by atoms with Gasteiger partial charge in [-0.3, -0.25) is 9.69 Å². The maximum Gasteiger partial charge on any atom is 0.221 e. The molecule has 0 atom stereocenters. The Bertz CT molecular complexity index is 858. The van der Waals surface area contributed by atoms with Gasteiger partial charge in [0, 0.05) is 19.5 Å². The molecule has 1 saturated heterocycles. The third kappa shape index (κ3) is 6.17. The molecule has 0 aromatic heterocycles. The number of amides is 1. The van der Waals surface area contributed by atoms with E-state index in [4.69, 9.17) is 0 Å². The molecule has 1 heterocycles. The van der Waals surface area contributed by atoms with Crippen LogP contribution in [0.5, 0.6) is 0 Å². The van der Waals surface area contributed by atoms with Crippen molar-refractivity contribution in [1.29, 1.82) is 0 Å². The molecule has 0 unspecified atom stereocenters. The highest BCUT2D eigenvalue weighted by Crippen LogP contribution is 2.14. The second-order valence-corrected chi connectivity index (χ2v) is 9.42. The highest BCUT2D eigenvalue weighted by atomic mass is 32.2. The van der Waals surface area contributed by atoms with Gasteiger partial charge in [0.05, 0.1) is 10.6 Å². The van der Waals surface area contributed by atoms with Gasteiger partial charge < -0.3 is 5.32 Å². The molecule has 6 heteroatoms. The molecule has 2 aromatic rings. The molecule has 5 nitrogen and oxygen atoms in total. The summed E-state index contributed by atoms with van der Waals surface area (Å²) in [5.74, 6) is -0.436. The number of likely N-dealkylation sites (tertiary alicyclic amines) is 1. The number of nitrogens with zero attached hydrogens (tertiary/aromatic N) is 1. The van der Waals surface area contributed by atoms with Crippen LogP contribution in [0.15, 0.2) is 59.5 Å². The van der Waals surface area contributed by atoms with Crippen LogP contribution in [0.4, 0.5) is 0 Å². The minimum absolute atomic E-state index is 0.0374. The molecule has 0 bridgehead atoms. The summed E-state index contributed by atoms with van der Waals surface area (Å²) in [7, 11) is -3.42. The first-order valence-electron chi connectivity index (χ1n) is 9.88. The van der Waals surface area contributed by atoms with Crippen LogP contribution in [-0.4, -0.2) is 38.1 Å². The van der Waals surface area contributed by atoms with Crippen molar-refractivity contribution in [3.8, 4) is 0 Å². The van der Waals surface area contributed by atoms with Gasteiger partial charge in [0.2, 0.25) is 5.91 Å². The molecule has 1 fully saturated rings. The summed E-state index contributed by atoms with van der Waals surface area (Å²) < 4.78 is 24.5. The Kier molecular flexibility index (Phi) is 7.23. The van der Waals surface area contributed by atoms with Crippen LogP contribution in [0.25, 0.3) is 0 Å². The van der Waals surface area contributed by atoms with Crippen LogP contribution in [0.3, 0.4) is 0 Å². The quantitative estimate of drug-likeness (QED) is 0.739. The summed E-state index contributed by atoms with van der Waals surface area (Å²) in [6, 6.07) is 16.5. The molecule has 1 N–H and O–H groups in total. The average Bonchev–Trinajstić information content (AvgIpc) is 2.73. The number of carbonyl (C=O) groups is 1. The van der Waals surface area contributed by atoms with Crippen LogP contribution in [-0.2, 0) is 27.7 Å². The van der Waals surface area contributed by atoms with Crippen LogP contribution >= 0.6 is 0 Å². The van der Waals surface area contributed by atoms with Gasteiger partial charge in [-0.1, -0.05) is 48.9 Å². The number of nitrogens with one attached hydrogen (secondary N) is 1. The number of sulfone groups is 1. The first kappa shape index (κ1) is 20.6. The minimum Gasteiger partial charge on any atom is -0.352 e. The molecule has 0 radical (unpaired) electrons. The standard InChI is InChI=1S/C22H28N2O3S/c25-22(13-16-28(26,27)21-7-3-1-4-8-21)23-17-19-9-11-20(12-10-19)18-24-14-5-2-6-15-24/h1,3-4,7-12H,2,5-6,13-18H2,(H,23,25). The Hall–Kier alpha value is -2.18. The van der Waals surface area contributed by atoms with Crippen molar-refractivity contribution in [2.75, 3.05) is 18.8 Å². The summed E-state index contributed by atoms with van der Waals surface area (Å²) in [5, 5.41) is 2.81. The molecule has 1 aliphatic heterocycles. The minimum atomic E-state index is -3.42. The predicted molar refractivity (Wildman–Crippen MR) is 111 cm³/mol. The smallest absolute Gasteiger partial charge is 0.221 e. The molecular weight excluding hydrogens is 372 g/mol. The highest BCUT2D eigenvalue weighted by Gasteiger charge is 2.16. The van der Waals surface area contributed by atoms with Crippen molar-refractivity contribution in [2.45, 2.75) is 43.7 Å². The Morgan fingerprint density at radius 2 is 1.54 bits per heavy atom. The van der Waals surface area contributed by atoms with Gasteiger partial charge >= 0.3 is 0 Å². The zero-order valence-electron chi connectivity index (χ0n) is 16.1. The third-order valence-corrected chi connectivity index (χ3v) is 6.80. The molecule has 0 saturated carbocycles. The molecule has 1 amide bonds. The van der Waals surface area contributed by atoms with Crippen LogP contribution in [0.1, 0.15) is 36.8 Å². The molecular formula is C22H28N2O3S. The van der Waals surface area contributed by atoms with E-state index in [1.165, 1.54) is 37.9 Å². The van der Waals surface area contributed by atoms with Crippen LogP contribution in [0, 0.1) is 0 Å². The predicted octanol–water partition coefficient (Wildman–Crippen LogP) is 3.15. The maximum atomic E-state index is 12.2. The second-order valence-electron chi connectivity index (χ2n) is 7.31. The number of piperidine rings is 1. The van der Waals surface area contributed by atoms with E-state index >= 15 is 0 Å². The molecule has 0 aliphatic carbocycles. The lowest BCUT2D eigenvalue weighted by atomic mass is 10.1. The zero-order valence-corrected chi connectivity index (χ0v) is 17.0. The Morgan fingerprint density at radius 1 is 0.893 bits per heavy atom. The normalized spacial score (nSPS) is 15.3. The summed E-state index contributed by atoms with van der Waals surface area (Å²) in [4.78, 5) is 14.8. The van der Waals surface area contributed by atoms with Gasteiger partial charge in [0.25, 0.3) is 0 Å². The number of hydrogen-bond acceptors (Lipinski definition) is 4. The van der Waals surface area contributed by atoms with Gasteiger partial charge in [0.1, 0.15) is 0 Å². The van der Waals surface area contributed by atoms with Gasteiger partial charge in [-0.15, -0.1) is 0 Å². The summed E-state index contributed by atoms with van der Waals surface area (Å²) >= 11 is 0. The van der Waals surface area contributed by atoms with Crippen molar-refractivity contribution >= 4 is 15.7 Å². The van der Waals surface area contributed by atoms with Gasteiger partial charge in [-0.25, -0.2) is 8.42 Å². The SMILES string of the molecule is O=C(CCS(=O)(=O)c1ccccc1)NCc1ccc(CN2CCCCC2)cc1. The molecule has 0 spiro atoms. The summed E-state index contributed by atoms with van der Waals surface area (Å²) in [6.45, 7) is 3.73. The van der Waals surface area contributed by atoms with Crippen molar-refractivity contribution in [3.63, 3.8) is 0 Å². The number of carbonyl (C=O) groups excluding carboxylic acids is 1. The monoisotopic (exact) mass is 400 g/mol. The van der Waals surface area contributed by atoms with E-state index in [-0.39, 0.29) is 23.0 Å². The Balaban J connectivity index is 1.43. The first-order chi connectivity index (χ1) is 13.5. The van der Waals surface area contributed by atoms with E-state index in [0.29, 0.717) is 6.54 Å². The third-order valence-electron chi connectivity index (χ3n) is 5.07. The van der Waals surface area contributed by atoms with E-state index in [1.54, 1.807) is 30.3 Å². The second kappa shape index (κ2) is 9.85. The summed E-state index contributed by atoms with van der Waals surface area (Å²) in [6.07, 6.45) is 3.86. The van der Waals surface area contributed by atoms with Gasteiger partial charge in [-0.05, 0) is 49.2 Å². The number of hydrogen-bond donors (Lipinski definition) is 1. The fourth-order valence-corrected chi connectivity index (χ4v) is 4.66. The highest BCUT2D eigenvalue weighted by molar-refractivity contribution is 7.91. The molecule has 1 aliphatic rings. The zero-order chi connectivity index (χ0) is 19.8. The van der Waals surface area contributed by atoms with Crippen molar-refractivity contribution in [3.05, 3.63) is 65.7 Å². The Labute approximate surface area is 167 Å². The van der Waals surface area contributed by atoms with Gasteiger partial charge in [0.15, 0.2) is 9.84 Å². The van der Waals surface area contributed by atoms with E-state index in [1.807, 2.05) is 12.1 Å². The molecule has 3 rings (SSSR count).